The lowest BCUT2D eigenvalue weighted by atomic mass is 10.2. The van der Waals surface area contributed by atoms with Crippen LogP contribution < -0.4 is 5.32 Å². The van der Waals surface area contributed by atoms with E-state index in [4.69, 9.17) is 4.74 Å². The Hall–Kier alpha value is 0.0300. The third-order valence-corrected chi connectivity index (χ3v) is 4.28. The first-order chi connectivity index (χ1) is 8.19. The number of halogens is 2. The minimum absolute atomic E-state index is 0.425. The molecule has 0 saturated heterocycles. The van der Waals surface area contributed by atoms with Crippen LogP contribution in [0.1, 0.15) is 25.0 Å². The first-order valence-corrected chi connectivity index (χ1v) is 7.33. The number of ether oxygens (including phenoxy) is 1. The second kappa shape index (κ2) is 6.27. The van der Waals surface area contributed by atoms with Crippen LogP contribution >= 0.6 is 31.9 Å². The molecular weight excluding hydrogens is 348 g/mol. The van der Waals surface area contributed by atoms with Gasteiger partial charge in [0.05, 0.1) is 11.8 Å². The number of nitrogens with zero attached hydrogens (tertiary/aromatic N) is 1. The van der Waals surface area contributed by atoms with Crippen LogP contribution in [-0.2, 0) is 11.3 Å². The van der Waals surface area contributed by atoms with Gasteiger partial charge >= 0.3 is 0 Å². The first-order valence-electron chi connectivity index (χ1n) is 5.75. The maximum absolute atomic E-state index is 5.36. The number of hydrogen-bond acceptors (Lipinski definition) is 3. The highest BCUT2D eigenvalue weighted by Crippen LogP contribution is 2.23. The molecular formula is C12H16Br2N2O. The Morgan fingerprint density at radius 1 is 1.47 bits per heavy atom. The van der Waals surface area contributed by atoms with Gasteiger partial charge in [0.25, 0.3) is 0 Å². The van der Waals surface area contributed by atoms with Gasteiger partial charge in [0.2, 0.25) is 0 Å². The van der Waals surface area contributed by atoms with Crippen LogP contribution in [0.3, 0.4) is 0 Å². The molecule has 1 aliphatic rings. The molecule has 1 saturated carbocycles. The largest absolute Gasteiger partial charge is 0.381 e. The molecule has 1 aliphatic carbocycles. The molecule has 94 valence electrons. The van der Waals surface area contributed by atoms with E-state index < -0.39 is 0 Å². The van der Waals surface area contributed by atoms with Crippen LogP contribution in [0, 0.1) is 0 Å². The Morgan fingerprint density at radius 2 is 2.29 bits per heavy atom. The van der Waals surface area contributed by atoms with Gasteiger partial charge in [-0.2, -0.15) is 0 Å². The normalized spacial score (nSPS) is 24.2. The summed E-state index contributed by atoms with van der Waals surface area (Å²) in [6, 6.07) is 2.58. The molecule has 1 heterocycles. The molecule has 1 aromatic rings. The highest BCUT2D eigenvalue weighted by Gasteiger charge is 2.23. The van der Waals surface area contributed by atoms with Crippen molar-refractivity contribution in [3.8, 4) is 0 Å². The Balaban J connectivity index is 1.86. The topological polar surface area (TPSA) is 34.1 Å². The summed E-state index contributed by atoms with van der Waals surface area (Å²) in [5.41, 5.74) is 1.05. The maximum Gasteiger partial charge on any atom is 0.0684 e. The lowest BCUT2D eigenvalue weighted by Gasteiger charge is -2.13. The second-order valence-electron chi connectivity index (χ2n) is 4.33. The molecule has 1 aromatic heterocycles. The van der Waals surface area contributed by atoms with Crippen LogP contribution in [0.25, 0.3) is 0 Å². The summed E-state index contributed by atoms with van der Waals surface area (Å²) in [7, 11) is 1.79. The minimum atomic E-state index is 0.425. The molecule has 0 aromatic carbocycles. The summed E-state index contributed by atoms with van der Waals surface area (Å²) in [5, 5.41) is 3.53. The molecule has 1 fully saturated rings. The van der Waals surface area contributed by atoms with Gasteiger partial charge in [0, 0.05) is 34.8 Å². The monoisotopic (exact) mass is 362 g/mol. The van der Waals surface area contributed by atoms with Crippen molar-refractivity contribution in [3.05, 3.63) is 26.9 Å². The van der Waals surface area contributed by atoms with Crippen LogP contribution in [0.5, 0.6) is 0 Å². The molecule has 0 amide bonds. The van der Waals surface area contributed by atoms with Crippen molar-refractivity contribution in [2.45, 2.75) is 38.0 Å². The molecule has 0 radical (unpaired) electrons. The summed E-state index contributed by atoms with van der Waals surface area (Å²) < 4.78 is 7.40. The van der Waals surface area contributed by atoms with Crippen molar-refractivity contribution < 1.29 is 4.74 Å². The highest BCUT2D eigenvalue weighted by atomic mass is 79.9. The van der Waals surface area contributed by atoms with E-state index in [9.17, 15) is 0 Å². The van der Waals surface area contributed by atoms with E-state index in [0.717, 1.165) is 34.0 Å². The van der Waals surface area contributed by atoms with Crippen molar-refractivity contribution in [3.63, 3.8) is 0 Å². The predicted molar refractivity (Wildman–Crippen MR) is 74.9 cm³/mol. The van der Waals surface area contributed by atoms with Gasteiger partial charge in [0.1, 0.15) is 0 Å². The highest BCUT2D eigenvalue weighted by molar-refractivity contribution is 9.11. The van der Waals surface area contributed by atoms with Crippen molar-refractivity contribution in [2.75, 3.05) is 7.11 Å². The maximum atomic E-state index is 5.36. The van der Waals surface area contributed by atoms with Gasteiger partial charge in [-0.1, -0.05) is 0 Å². The number of pyridine rings is 1. The van der Waals surface area contributed by atoms with Crippen molar-refractivity contribution in [1.29, 1.82) is 0 Å². The molecule has 0 bridgehead atoms. The van der Waals surface area contributed by atoms with Crippen molar-refractivity contribution in [2.24, 2.45) is 0 Å². The van der Waals surface area contributed by atoms with E-state index in [1.165, 1.54) is 6.42 Å². The second-order valence-corrected chi connectivity index (χ2v) is 6.10. The molecule has 5 heteroatoms. The average Bonchev–Trinajstić information content (AvgIpc) is 2.76. The van der Waals surface area contributed by atoms with E-state index in [1.54, 1.807) is 7.11 Å². The number of nitrogens with one attached hydrogen (secondary N) is 1. The van der Waals surface area contributed by atoms with Gasteiger partial charge in [-0.25, -0.2) is 0 Å². The molecule has 2 unspecified atom stereocenters. The van der Waals surface area contributed by atoms with E-state index in [2.05, 4.69) is 42.2 Å². The lowest BCUT2D eigenvalue weighted by molar-refractivity contribution is 0.107. The predicted octanol–water partition coefficient (Wildman–Crippen LogP) is 3.26. The van der Waals surface area contributed by atoms with Crippen LogP contribution in [0.15, 0.2) is 21.2 Å². The molecule has 2 rings (SSSR count). The zero-order chi connectivity index (χ0) is 12.3. The van der Waals surface area contributed by atoms with E-state index in [-0.39, 0.29) is 0 Å². The SMILES string of the molecule is COC1CCC(NCc2ncc(Br)cc2Br)C1. The van der Waals surface area contributed by atoms with Crippen molar-refractivity contribution in [1.82, 2.24) is 10.3 Å². The summed E-state index contributed by atoms with van der Waals surface area (Å²) in [6.45, 7) is 0.801. The van der Waals surface area contributed by atoms with Gasteiger partial charge in [-0.15, -0.1) is 0 Å². The molecule has 2 atom stereocenters. The van der Waals surface area contributed by atoms with Crippen LogP contribution in [0.4, 0.5) is 0 Å². The number of methoxy groups -OCH3 is 1. The lowest BCUT2D eigenvalue weighted by Crippen LogP contribution is -2.27. The number of aromatic nitrogens is 1. The molecule has 3 nitrogen and oxygen atoms in total. The summed E-state index contributed by atoms with van der Waals surface area (Å²) >= 11 is 6.93. The van der Waals surface area contributed by atoms with Crippen LogP contribution in [-0.4, -0.2) is 24.2 Å². The van der Waals surface area contributed by atoms with E-state index in [0.29, 0.717) is 12.1 Å². The quantitative estimate of drug-likeness (QED) is 0.891. The average molecular weight is 364 g/mol. The van der Waals surface area contributed by atoms with Crippen LogP contribution in [0.2, 0.25) is 0 Å². The van der Waals surface area contributed by atoms with E-state index >= 15 is 0 Å². The Labute approximate surface area is 119 Å². The first kappa shape index (κ1) is 13.5. The van der Waals surface area contributed by atoms with Crippen molar-refractivity contribution >= 4 is 31.9 Å². The minimum Gasteiger partial charge on any atom is -0.381 e. The number of rotatable bonds is 4. The Morgan fingerprint density at radius 3 is 2.94 bits per heavy atom. The molecule has 1 N–H and O–H groups in total. The third kappa shape index (κ3) is 3.74. The zero-order valence-electron chi connectivity index (χ0n) is 9.75. The summed E-state index contributed by atoms with van der Waals surface area (Å²) in [4.78, 5) is 4.39. The zero-order valence-corrected chi connectivity index (χ0v) is 12.9. The fourth-order valence-corrected chi connectivity index (χ4v) is 3.28. The smallest absolute Gasteiger partial charge is 0.0684 e. The molecule has 0 aliphatic heterocycles. The van der Waals surface area contributed by atoms with E-state index in [1.807, 2.05) is 12.3 Å². The molecule has 0 spiro atoms. The Kier molecular flexibility index (Phi) is 4.97. The van der Waals surface area contributed by atoms with Gasteiger partial charge in [0.15, 0.2) is 0 Å². The van der Waals surface area contributed by atoms with Gasteiger partial charge in [-0.3, -0.25) is 4.98 Å². The standard InChI is InChI=1S/C12H16Br2N2O/c1-17-10-3-2-9(5-10)15-7-12-11(14)4-8(13)6-16-12/h4,6,9-10,15H,2-3,5,7H2,1H3. The fraction of sp³-hybridized carbons (Fsp3) is 0.583. The van der Waals surface area contributed by atoms with Gasteiger partial charge < -0.3 is 10.1 Å². The Bertz CT molecular complexity index is 387. The molecule has 17 heavy (non-hydrogen) atoms. The summed E-state index contributed by atoms with van der Waals surface area (Å²) in [5.74, 6) is 0. The fourth-order valence-electron chi connectivity index (χ4n) is 2.15. The third-order valence-electron chi connectivity index (χ3n) is 3.16. The number of hydrogen-bond donors (Lipinski definition) is 1. The summed E-state index contributed by atoms with van der Waals surface area (Å²) in [6.07, 6.45) is 5.70. The van der Waals surface area contributed by atoms with Gasteiger partial charge in [-0.05, 0) is 57.2 Å².